The van der Waals surface area contributed by atoms with Gasteiger partial charge in [0.1, 0.15) is 5.76 Å². The summed E-state index contributed by atoms with van der Waals surface area (Å²) in [6.07, 6.45) is -5.82. The molecule has 0 atom stereocenters. The van der Waals surface area contributed by atoms with E-state index in [1.165, 1.54) is 12.1 Å². The number of nitrogens with zero attached hydrogens (tertiary/aromatic N) is 1. The second-order valence-electron chi connectivity index (χ2n) is 6.66. The lowest BCUT2D eigenvalue weighted by molar-refractivity contribution is -0.386. The molecule has 0 aliphatic heterocycles. The van der Waals surface area contributed by atoms with Crippen molar-refractivity contribution in [2.24, 2.45) is 0 Å². The number of hydrogen-bond donors (Lipinski definition) is 3. The molecular formula is C18H13F5N2O9. The van der Waals surface area contributed by atoms with Gasteiger partial charge in [-0.2, -0.15) is 22.0 Å². The van der Waals surface area contributed by atoms with Crippen LogP contribution in [0.1, 0.15) is 16.1 Å². The number of amides is 1. The molecule has 0 fully saturated rings. The van der Waals surface area contributed by atoms with Gasteiger partial charge in [-0.05, 0) is 18.2 Å². The lowest BCUT2D eigenvalue weighted by Crippen LogP contribution is -2.61. The third-order valence-electron chi connectivity index (χ3n) is 4.32. The first-order valence-corrected chi connectivity index (χ1v) is 8.78. The number of nitro groups is 1. The van der Waals surface area contributed by atoms with Crippen LogP contribution in [0.2, 0.25) is 0 Å². The first-order chi connectivity index (χ1) is 15.6. The minimum atomic E-state index is -6.04. The van der Waals surface area contributed by atoms with Crippen molar-refractivity contribution < 1.29 is 60.6 Å². The molecule has 0 radical (unpaired) electrons. The second kappa shape index (κ2) is 9.32. The first-order valence-electron chi connectivity index (χ1n) is 8.78. The van der Waals surface area contributed by atoms with Crippen LogP contribution in [0.15, 0.2) is 41.0 Å². The molecule has 3 N–H and O–H groups in total. The molecule has 0 spiro atoms. The van der Waals surface area contributed by atoms with Gasteiger partial charge in [-0.3, -0.25) is 14.9 Å². The summed E-state index contributed by atoms with van der Waals surface area (Å²) in [6, 6.07) is 4.12. The smallest absolute Gasteiger partial charge is 0.456 e. The number of hydrogen-bond acceptors (Lipinski definition) is 7. The van der Waals surface area contributed by atoms with Crippen LogP contribution in [0.25, 0.3) is 0 Å². The number of nitro benzene ring substituents is 1. The average molecular weight is 496 g/mol. The molecule has 1 aromatic heterocycles. The third kappa shape index (κ3) is 5.38. The number of halogens is 5. The van der Waals surface area contributed by atoms with E-state index in [1.807, 2.05) is 0 Å². The van der Waals surface area contributed by atoms with Crippen LogP contribution in [0, 0.1) is 10.1 Å². The predicted molar refractivity (Wildman–Crippen MR) is 97.5 cm³/mol. The molecule has 1 amide bonds. The Kier molecular flexibility index (Phi) is 7.13. The number of aliphatic carboxylic acids is 2. The molecule has 0 saturated heterocycles. The number of benzene rings is 1. The molecular weight excluding hydrogens is 483 g/mol. The summed E-state index contributed by atoms with van der Waals surface area (Å²) in [5.41, 5.74) is -4.82. The van der Waals surface area contributed by atoms with E-state index in [4.69, 9.17) is 4.42 Å². The zero-order valence-electron chi connectivity index (χ0n) is 16.5. The summed E-state index contributed by atoms with van der Waals surface area (Å²) in [5, 5.41) is 31.7. The Balaban J connectivity index is 2.40. The molecule has 34 heavy (non-hydrogen) atoms. The minimum absolute atomic E-state index is 0.160. The Morgan fingerprint density at radius 2 is 1.71 bits per heavy atom. The molecule has 1 heterocycles. The van der Waals surface area contributed by atoms with E-state index in [0.717, 1.165) is 6.26 Å². The first kappa shape index (κ1) is 26.0. The number of nitrogens with one attached hydrogen (secondary N) is 1. The number of carboxylic acid groups (broad SMARTS) is 2. The van der Waals surface area contributed by atoms with E-state index < -0.39 is 70.4 Å². The molecule has 0 aliphatic rings. The molecule has 184 valence electrons. The molecule has 1 aromatic carbocycles. The van der Waals surface area contributed by atoms with Gasteiger partial charge in [-0.15, -0.1) is 0 Å². The number of ether oxygens (including phenoxy) is 1. The molecule has 0 saturated carbocycles. The Bertz CT molecular complexity index is 1090. The van der Waals surface area contributed by atoms with Crippen molar-refractivity contribution in [2.45, 2.75) is 24.1 Å². The maximum Gasteiger partial charge on any atom is 0.456 e. The second-order valence-corrected chi connectivity index (χ2v) is 6.66. The minimum Gasteiger partial charge on any atom is -0.480 e. The molecule has 2 rings (SSSR count). The van der Waals surface area contributed by atoms with Crippen LogP contribution in [-0.4, -0.2) is 57.2 Å². The van der Waals surface area contributed by atoms with E-state index in [0.29, 0.717) is 18.2 Å². The van der Waals surface area contributed by atoms with Gasteiger partial charge in [0.2, 0.25) is 5.54 Å². The summed E-state index contributed by atoms with van der Waals surface area (Å²) in [7, 11) is 0. The highest BCUT2D eigenvalue weighted by Gasteiger charge is 2.58. The molecule has 16 heteroatoms. The monoisotopic (exact) mass is 496 g/mol. The van der Waals surface area contributed by atoms with Gasteiger partial charge in [0.25, 0.3) is 5.91 Å². The van der Waals surface area contributed by atoms with E-state index in [9.17, 15) is 56.7 Å². The quantitative estimate of drug-likeness (QED) is 0.194. The molecule has 11 nitrogen and oxygen atoms in total. The van der Waals surface area contributed by atoms with Crippen LogP contribution in [0.4, 0.5) is 27.6 Å². The Morgan fingerprint density at radius 3 is 2.18 bits per heavy atom. The summed E-state index contributed by atoms with van der Waals surface area (Å²) in [5.74, 6) is -12.3. The van der Waals surface area contributed by atoms with Crippen molar-refractivity contribution in [3.05, 3.63) is 58.0 Å². The maximum absolute atomic E-state index is 13.2. The zero-order chi connectivity index (χ0) is 25.9. The van der Waals surface area contributed by atoms with Gasteiger partial charge >= 0.3 is 29.7 Å². The van der Waals surface area contributed by atoms with Crippen LogP contribution in [-0.2, 0) is 16.0 Å². The van der Waals surface area contributed by atoms with Crippen LogP contribution < -0.4 is 10.1 Å². The fraction of sp³-hybridized carbons (Fsp3) is 0.278. The van der Waals surface area contributed by atoms with Crippen LogP contribution in [0.3, 0.4) is 0 Å². The third-order valence-corrected chi connectivity index (χ3v) is 4.32. The fourth-order valence-corrected chi connectivity index (χ4v) is 2.51. The zero-order valence-corrected chi connectivity index (χ0v) is 16.5. The van der Waals surface area contributed by atoms with Gasteiger partial charge in [0, 0.05) is 17.7 Å². The van der Waals surface area contributed by atoms with Crippen molar-refractivity contribution in [1.29, 1.82) is 0 Å². The summed E-state index contributed by atoms with van der Waals surface area (Å²) in [6.45, 7) is -2.37. The van der Waals surface area contributed by atoms with Crippen LogP contribution in [0.5, 0.6) is 5.75 Å². The largest absolute Gasteiger partial charge is 0.480 e. The highest BCUT2D eigenvalue weighted by molar-refractivity contribution is 6.09. The standard InChI is InChI=1S/C18H13F5N2O9/c19-17(20,18(21,22)23)8-34-12-6-9(3-4-11(12)25(31)32)13(26)24-16(14(27)28,15(29)30)7-10-2-1-5-33-10/h1-6H,7-8H2,(H,24,26)(H,27,28)(H,29,30). The van der Waals surface area contributed by atoms with Gasteiger partial charge < -0.3 is 24.7 Å². The number of furan rings is 1. The van der Waals surface area contributed by atoms with Crippen molar-refractivity contribution >= 4 is 23.5 Å². The van der Waals surface area contributed by atoms with Gasteiger partial charge in [0.05, 0.1) is 17.6 Å². The molecule has 0 bridgehead atoms. The number of alkyl halides is 5. The van der Waals surface area contributed by atoms with Gasteiger partial charge in [-0.1, -0.05) is 0 Å². The normalized spacial score (nSPS) is 12.1. The highest BCUT2D eigenvalue weighted by atomic mass is 19.4. The average Bonchev–Trinajstić information content (AvgIpc) is 3.23. The number of carboxylic acids is 2. The van der Waals surface area contributed by atoms with E-state index in [1.54, 1.807) is 5.32 Å². The lowest BCUT2D eigenvalue weighted by atomic mass is 9.93. The number of rotatable bonds is 10. The summed E-state index contributed by atoms with van der Waals surface area (Å²) >= 11 is 0. The molecule has 2 aromatic rings. The molecule has 0 aliphatic carbocycles. The summed E-state index contributed by atoms with van der Waals surface area (Å²) in [4.78, 5) is 45.9. The maximum atomic E-state index is 13.2. The Hall–Kier alpha value is -4.24. The SMILES string of the molecule is O=C(NC(Cc1ccco1)(C(=O)O)C(=O)O)c1ccc([N+](=O)[O-])c(OCC(F)(F)C(F)(F)F)c1. The van der Waals surface area contributed by atoms with E-state index in [-0.39, 0.29) is 5.76 Å². The topological polar surface area (TPSA) is 169 Å². The lowest BCUT2D eigenvalue weighted by Gasteiger charge is -2.25. The van der Waals surface area contributed by atoms with Gasteiger partial charge in [-0.25, -0.2) is 9.59 Å². The van der Waals surface area contributed by atoms with Crippen molar-refractivity contribution in [3.8, 4) is 5.75 Å². The van der Waals surface area contributed by atoms with Gasteiger partial charge in [0.15, 0.2) is 12.4 Å². The number of carbonyl (C=O) groups is 3. The Labute approximate surface area is 184 Å². The van der Waals surface area contributed by atoms with Crippen LogP contribution >= 0.6 is 0 Å². The van der Waals surface area contributed by atoms with Crippen molar-refractivity contribution in [2.75, 3.05) is 6.61 Å². The Morgan fingerprint density at radius 1 is 1.09 bits per heavy atom. The van der Waals surface area contributed by atoms with Crippen molar-refractivity contribution in [3.63, 3.8) is 0 Å². The van der Waals surface area contributed by atoms with E-state index >= 15 is 0 Å². The summed E-state index contributed by atoms with van der Waals surface area (Å²) < 4.78 is 72.5. The predicted octanol–water partition coefficient (Wildman–Crippen LogP) is 2.64. The molecule has 0 unspecified atom stereocenters. The van der Waals surface area contributed by atoms with E-state index in [2.05, 4.69) is 4.74 Å². The van der Waals surface area contributed by atoms with Crippen molar-refractivity contribution in [1.82, 2.24) is 5.32 Å². The highest BCUT2D eigenvalue weighted by Crippen LogP contribution is 2.37. The number of carbonyl (C=O) groups excluding carboxylic acids is 1. The fourth-order valence-electron chi connectivity index (χ4n) is 2.51.